The van der Waals surface area contributed by atoms with Crippen molar-refractivity contribution in [1.82, 2.24) is 5.32 Å². The fraction of sp³-hybridized carbons (Fsp3) is 0.529. The van der Waals surface area contributed by atoms with Crippen molar-refractivity contribution in [3.05, 3.63) is 35.4 Å². The maximum Gasteiger partial charge on any atom is 0.251 e. The summed E-state index contributed by atoms with van der Waals surface area (Å²) in [7, 11) is 0. The molecule has 0 saturated heterocycles. The molecule has 21 heavy (non-hydrogen) atoms. The number of rotatable bonds is 7. The van der Waals surface area contributed by atoms with E-state index in [0.29, 0.717) is 16.9 Å². The molecule has 0 atom stereocenters. The average Bonchev–Trinajstić information content (AvgIpc) is 2.41. The zero-order valence-electron chi connectivity index (χ0n) is 13.4. The molecule has 116 valence electrons. The molecule has 0 spiro atoms. The molecule has 0 radical (unpaired) electrons. The summed E-state index contributed by atoms with van der Waals surface area (Å²) >= 11 is 1.65. The molecule has 1 rings (SSSR count). The Hall–Kier alpha value is -1.29. The van der Waals surface area contributed by atoms with Gasteiger partial charge >= 0.3 is 0 Å². The van der Waals surface area contributed by atoms with E-state index in [2.05, 4.69) is 12.2 Å². The first-order chi connectivity index (χ1) is 9.83. The lowest BCUT2D eigenvalue weighted by molar-refractivity contribution is 0.0919. The predicted octanol–water partition coefficient (Wildman–Crippen LogP) is 3.93. The van der Waals surface area contributed by atoms with Crippen molar-refractivity contribution < 1.29 is 9.59 Å². The number of hydrogen-bond acceptors (Lipinski definition) is 3. The van der Waals surface area contributed by atoms with Crippen molar-refractivity contribution in [1.29, 1.82) is 0 Å². The molecule has 1 aromatic rings. The zero-order valence-corrected chi connectivity index (χ0v) is 14.2. The van der Waals surface area contributed by atoms with Crippen LogP contribution in [-0.2, 0) is 0 Å². The van der Waals surface area contributed by atoms with E-state index in [9.17, 15) is 9.59 Å². The van der Waals surface area contributed by atoms with Gasteiger partial charge in [-0.25, -0.2) is 0 Å². The molecule has 4 heteroatoms. The Kier molecular flexibility index (Phi) is 6.96. The molecule has 1 N–H and O–H groups in total. The fourth-order valence-corrected chi connectivity index (χ4v) is 2.73. The Labute approximate surface area is 131 Å². The van der Waals surface area contributed by atoms with E-state index < -0.39 is 0 Å². The molecule has 1 amide bonds. The van der Waals surface area contributed by atoms with Crippen LogP contribution in [0.4, 0.5) is 0 Å². The Morgan fingerprint density at radius 2 is 1.86 bits per heavy atom. The average molecular weight is 307 g/mol. The van der Waals surface area contributed by atoms with E-state index >= 15 is 0 Å². The van der Waals surface area contributed by atoms with Gasteiger partial charge in [-0.15, -0.1) is 0 Å². The van der Waals surface area contributed by atoms with Gasteiger partial charge in [0.15, 0.2) is 5.78 Å². The number of carbonyl (C=O) groups excluding carboxylic acids is 2. The molecule has 0 fully saturated rings. The highest BCUT2D eigenvalue weighted by molar-refractivity contribution is 7.99. The van der Waals surface area contributed by atoms with Gasteiger partial charge < -0.3 is 5.32 Å². The lowest BCUT2D eigenvalue weighted by Gasteiger charge is -2.20. The molecule has 0 unspecified atom stereocenters. The van der Waals surface area contributed by atoms with Crippen molar-refractivity contribution in [3.63, 3.8) is 0 Å². The highest BCUT2D eigenvalue weighted by Crippen LogP contribution is 2.12. The summed E-state index contributed by atoms with van der Waals surface area (Å²) in [6.45, 7) is 7.94. The first-order valence-corrected chi connectivity index (χ1v) is 8.52. The number of nitrogens with one attached hydrogen (secondary N) is 1. The van der Waals surface area contributed by atoms with Crippen molar-refractivity contribution in [3.8, 4) is 0 Å². The van der Waals surface area contributed by atoms with Crippen molar-refractivity contribution >= 4 is 23.5 Å². The maximum absolute atomic E-state index is 12.1. The zero-order chi connectivity index (χ0) is 15.9. The largest absolute Gasteiger partial charge is 0.347 e. The third-order valence-electron chi connectivity index (χ3n) is 2.81. The van der Waals surface area contributed by atoms with Crippen LogP contribution in [0.25, 0.3) is 0 Å². The quantitative estimate of drug-likeness (QED) is 0.613. The lowest BCUT2D eigenvalue weighted by Crippen LogP contribution is -2.40. The van der Waals surface area contributed by atoms with Crippen LogP contribution in [0.5, 0.6) is 0 Å². The summed E-state index contributed by atoms with van der Waals surface area (Å²) < 4.78 is 0. The topological polar surface area (TPSA) is 46.2 Å². The normalized spacial score (nSPS) is 11.2. The molecule has 0 saturated carbocycles. The van der Waals surface area contributed by atoms with Gasteiger partial charge in [-0.1, -0.05) is 25.5 Å². The number of thioether (sulfide) groups is 1. The van der Waals surface area contributed by atoms with E-state index in [1.54, 1.807) is 36.0 Å². The van der Waals surface area contributed by atoms with Gasteiger partial charge in [-0.05, 0) is 45.1 Å². The molecule has 0 heterocycles. The molecule has 0 aliphatic carbocycles. The second-order valence-electron chi connectivity index (χ2n) is 6.11. The Morgan fingerprint density at radius 3 is 2.48 bits per heavy atom. The van der Waals surface area contributed by atoms with Crippen LogP contribution in [0.3, 0.4) is 0 Å². The number of benzene rings is 1. The highest BCUT2D eigenvalue weighted by atomic mass is 32.2. The van der Waals surface area contributed by atoms with Crippen LogP contribution in [0.15, 0.2) is 24.3 Å². The van der Waals surface area contributed by atoms with Gasteiger partial charge in [0, 0.05) is 16.7 Å². The van der Waals surface area contributed by atoms with Gasteiger partial charge in [0.25, 0.3) is 5.91 Å². The predicted molar refractivity (Wildman–Crippen MR) is 90.2 cm³/mol. The summed E-state index contributed by atoms with van der Waals surface area (Å²) in [6, 6.07) is 6.96. The Balaban J connectivity index is 2.67. The second kappa shape index (κ2) is 8.23. The van der Waals surface area contributed by atoms with Gasteiger partial charge in [0.05, 0.1) is 5.75 Å². The molecular weight excluding hydrogens is 282 g/mol. The number of carbonyl (C=O) groups is 2. The molecular formula is C17H25NO2S. The van der Waals surface area contributed by atoms with E-state index in [1.807, 2.05) is 20.8 Å². The number of ketones is 1. The number of Topliss-reactive ketones (excluding diaryl/α,β-unsaturated/α-hetero) is 1. The van der Waals surface area contributed by atoms with Gasteiger partial charge in [-0.2, -0.15) is 11.8 Å². The number of amides is 1. The second-order valence-corrected chi connectivity index (χ2v) is 7.22. The van der Waals surface area contributed by atoms with Gasteiger partial charge in [0.2, 0.25) is 0 Å². The summed E-state index contributed by atoms with van der Waals surface area (Å²) in [4.78, 5) is 24.2. The van der Waals surface area contributed by atoms with Gasteiger partial charge in [0.1, 0.15) is 0 Å². The first kappa shape index (κ1) is 17.8. The van der Waals surface area contributed by atoms with Crippen molar-refractivity contribution in [2.45, 2.75) is 46.1 Å². The van der Waals surface area contributed by atoms with Crippen LogP contribution < -0.4 is 5.32 Å². The molecule has 0 bridgehead atoms. The summed E-state index contributed by atoms with van der Waals surface area (Å²) in [6.07, 6.45) is 2.27. The minimum atomic E-state index is -0.285. The third kappa shape index (κ3) is 6.80. The van der Waals surface area contributed by atoms with Crippen LogP contribution in [-0.4, -0.2) is 28.7 Å². The molecule has 1 aromatic carbocycles. The van der Waals surface area contributed by atoms with Crippen LogP contribution in [0.1, 0.15) is 61.3 Å². The minimum absolute atomic E-state index is 0.0847. The number of unbranched alkanes of at least 4 members (excludes halogenated alkanes) is 1. The lowest BCUT2D eigenvalue weighted by atomic mass is 10.1. The maximum atomic E-state index is 12.1. The SMILES string of the molecule is CCCCSCC(=O)c1cccc(C(=O)NC(C)(C)C)c1. The van der Waals surface area contributed by atoms with Crippen LogP contribution in [0, 0.1) is 0 Å². The highest BCUT2D eigenvalue weighted by Gasteiger charge is 2.16. The molecule has 0 aliphatic rings. The summed E-state index contributed by atoms with van der Waals surface area (Å²) in [5.41, 5.74) is 0.863. The minimum Gasteiger partial charge on any atom is -0.347 e. The summed E-state index contributed by atoms with van der Waals surface area (Å²) in [5.74, 6) is 1.42. The summed E-state index contributed by atoms with van der Waals surface area (Å²) in [5, 5.41) is 2.91. The Morgan fingerprint density at radius 1 is 1.19 bits per heavy atom. The smallest absolute Gasteiger partial charge is 0.251 e. The monoisotopic (exact) mass is 307 g/mol. The van der Waals surface area contributed by atoms with E-state index in [0.717, 1.165) is 18.6 Å². The Bertz CT molecular complexity index is 492. The third-order valence-corrected chi connectivity index (χ3v) is 3.85. The van der Waals surface area contributed by atoms with E-state index in [-0.39, 0.29) is 17.2 Å². The van der Waals surface area contributed by atoms with Gasteiger partial charge in [-0.3, -0.25) is 9.59 Å². The van der Waals surface area contributed by atoms with Crippen LogP contribution in [0.2, 0.25) is 0 Å². The van der Waals surface area contributed by atoms with Crippen molar-refractivity contribution in [2.75, 3.05) is 11.5 Å². The van der Waals surface area contributed by atoms with Crippen molar-refractivity contribution in [2.24, 2.45) is 0 Å². The first-order valence-electron chi connectivity index (χ1n) is 7.37. The molecule has 3 nitrogen and oxygen atoms in total. The molecule has 0 aliphatic heterocycles. The van der Waals surface area contributed by atoms with E-state index in [4.69, 9.17) is 0 Å². The number of hydrogen-bond donors (Lipinski definition) is 1. The van der Waals surface area contributed by atoms with E-state index in [1.165, 1.54) is 0 Å². The van der Waals surface area contributed by atoms with Crippen LogP contribution >= 0.6 is 11.8 Å². The standard InChI is InChI=1S/C17H25NO2S/c1-5-6-10-21-12-15(19)13-8-7-9-14(11-13)16(20)18-17(2,3)4/h7-9,11H,5-6,10,12H2,1-4H3,(H,18,20). The molecule has 0 aromatic heterocycles. The fourth-order valence-electron chi connectivity index (χ4n) is 1.74.